The first-order valence-electron chi connectivity index (χ1n) is 7.63. The minimum atomic E-state index is -0.925. The Balaban J connectivity index is 1.87. The van der Waals surface area contributed by atoms with Crippen LogP contribution in [-0.2, 0) is 6.42 Å². The van der Waals surface area contributed by atoms with Gasteiger partial charge in [0.25, 0.3) is 0 Å². The van der Waals surface area contributed by atoms with Gasteiger partial charge < -0.3 is 14.4 Å². The smallest absolute Gasteiger partial charge is 0.339 e. The van der Waals surface area contributed by atoms with Crippen molar-refractivity contribution in [1.29, 1.82) is 0 Å². The van der Waals surface area contributed by atoms with Crippen LogP contribution in [0.5, 0.6) is 0 Å². The number of aromatic carboxylic acids is 1. The number of hydrogen-bond donors (Lipinski definition) is 1. The number of carboxylic acids is 1. The standard InChI is InChI=1S/C16H21N3O2/c1-2-18-8-4-3-6-13(18)10-12-11-19-9-5-7-14(16(20)21)15(19)17-12/h5,7,9,11,13H,2-4,6,8,10H2,1H3,(H,20,21). The number of pyridine rings is 1. The Bertz CT molecular complexity index is 650. The Morgan fingerprint density at radius 3 is 3.10 bits per heavy atom. The first kappa shape index (κ1) is 14.1. The summed E-state index contributed by atoms with van der Waals surface area (Å²) in [7, 11) is 0. The molecule has 0 spiro atoms. The molecular weight excluding hydrogens is 266 g/mol. The number of hydrogen-bond acceptors (Lipinski definition) is 3. The van der Waals surface area contributed by atoms with Crippen molar-refractivity contribution >= 4 is 11.6 Å². The summed E-state index contributed by atoms with van der Waals surface area (Å²) < 4.78 is 1.82. The molecule has 0 aromatic carbocycles. The van der Waals surface area contributed by atoms with E-state index in [0.29, 0.717) is 11.7 Å². The van der Waals surface area contributed by atoms with Crippen LogP contribution >= 0.6 is 0 Å². The van der Waals surface area contributed by atoms with Crippen molar-refractivity contribution in [3.05, 3.63) is 35.8 Å². The Morgan fingerprint density at radius 1 is 1.48 bits per heavy atom. The van der Waals surface area contributed by atoms with E-state index < -0.39 is 5.97 Å². The highest BCUT2D eigenvalue weighted by molar-refractivity contribution is 5.94. The van der Waals surface area contributed by atoms with Gasteiger partial charge in [0.2, 0.25) is 0 Å². The van der Waals surface area contributed by atoms with Crippen molar-refractivity contribution < 1.29 is 9.90 Å². The topological polar surface area (TPSA) is 57.8 Å². The second-order valence-corrected chi connectivity index (χ2v) is 5.67. The van der Waals surface area contributed by atoms with Gasteiger partial charge in [-0.15, -0.1) is 0 Å². The third kappa shape index (κ3) is 2.78. The second kappa shape index (κ2) is 5.85. The Morgan fingerprint density at radius 2 is 2.33 bits per heavy atom. The van der Waals surface area contributed by atoms with Gasteiger partial charge in [0.05, 0.1) is 5.69 Å². The Labute approximate surface area is 124 Å². The third-order valence-electron chi connectivity index (χ3n) is 4.36. The fourth-order valence-electron chi connectivity index (χ4n) is 3.28. The number of fused-ring (bicyclic) bond motifs is 1. The van der Waals surface area contributed by atoms with E-state index in [-0.39, 0.29) is 5.56 Å². The van der Waals surface area contributed by atoms with Crippen LogP contribution < -0.4 is 0 Å². The maximum Gasteiger partial charge on any atom is 0.339 e. The summed E-state index contributed by atoms with van der Waals surface area (Å²) in [5.74, 6) is -0.925. The van der Waals surface area contributed by atoms with Crippen LogP contribution in [0.4, 0.5) is 0 Å². The van der Waals surface area contributed by atoms with Crippen LogP contribution in [0.2, 0.25) is 0 Å². The number of imidazole rings is 1. The van der Waals surface area contributed by atoms with Gasteiger partial charge in [-0.3, -0.25) is 0 Å². The second-order valence-electron chi connectivity index (χ2n) is 5.67. The Hall–Kier alpha value is -1.88. The number of rotatable bonds is 4. The van der Waals surface area contributed by atoms with E-state index in [0.717, 1.165) is 25.2 Å². The minimum absolute atomic E-state index is 0.264. The molecule has 0 bridgehead atoms. The van der Waals surface area contributed by atoms with Gasteiger partial charge in [-0.1, -0.05) is 13.3 Å². The average Bonchev–Trinajstić information content (AvgIpc) is 2.89. The molecule has 0 amide bonds. The lowest BCUT2D eigenvalue weighted by molar-refractivity contribution is 0.0698. The van der Waals surface area contributed by atoms with Crippen molar-refractivity contribution in [3.8, 4) is 0 Å². The number of aromatic nitrogens is 2. The van der Waals surface area contributed by atoms with E-state index in [1.54, 1.807) is 12.1 Å². The van der Waals surface area contributed by atoms with E-state index in [2.05, 4.69) is 16.8 Å². The zero-order valence-corrected chi connectivity index (χ0v) is 12.3. The van der Waals surface area contributed by atoms with E-state index in [4.69, 9.17) is 0 Å². The van der Waals surface area contributed by atoms with Gasteiger partial charge in [0.15, 0.2) is 5.65 Å². The highest BCUT2D eigenvalue weighted by Crippen LogP contribution is 2.21. The number of carboxylic acid groups (broad SMARTS) is 1. The normalized spacial score (nSPS) is 20.0. The summed E-state index contributed by atoms with van der Waals surface area (Å²) in [5.41, 5.74) is 1.78. The molecule has 1 aliphatic rings. The van der Waals surface area contributed by atoms with Crippen LogP contribution in [0.1, 0.15) is 42.2 Å². The van der Waals surface area contributed by atoms with Crippen LogP contribution in [-0.4, -0.2) is 44.5 Å². The summed E-state index contributed by atoms with van der Waals surface area (Å²) in [4.78, 5) is 18.3. The van der Waals surface area contributed by atoms with Crippen molar-refractivity contribution in [1.82, 2.24) is 14.3 Å². The number of carbonyl (C=O) groups is 1. The molecule has 1 unspecified atom stereocenters. The zero-order chi connectivity index (χ0) is 14.8. The molecule has 0 radical (unpaired) electrons. The molecule has 2 aromatic rings. The number of likely N-dealkylation sites (N-methyl/N-ethyl adjacent to an activating group) is 1. The molecule has 2 aromatic heterocycles. The fraction of sp³-hybridized carbons (Fsp3) is 0.500. The zero-order valence-electron chi connectivity index (χ0n) is 12.3. The summed E-state index contributed by atoms with van der Waals surface area (Å²) in [5, 5.41) is 9.23. The molecule has 1 fully saturated rings. The molecule has 3 heterocycles. The van der Waals surface area contributed by atoms with Gasteiger partial charge in [-0.05, 0) is 38.1 Å². The summed E-state index contributed by atoms with van der Waals surface area (Å²) >= 11 is 0. The highest BCUT2D eigenvalue weighted by atomic mass is 16.4. The molecule has 0 saturated carbocycles. The van der Waals surface area contributed by atoms with Crippen LogP contribution in [0.25, 0.3) is 5.65 Å². The fourth-order valence-corrected chi connectivity index (χ4v) is 3.28. The number of nitrogens with zero attached hydrogens (tertiary/aromatic N) is 3. The summed E-state index contributed by atoms with van der Waals surface area (Å²) in [6, 6.07) is 3.89. The number of likely N-dealkylation sites (tertiary alicyclic amines) is 1. The van der Waals surface area contributed by atoms with E-state index in [1.807, 2.05) is 16.8 Å². The molecule has 112 valence electrons. The largest absolute Gasteiger partial charge is 0.478 e. The third-order valence-corrected chi connectivity index (χ3v) is 4.36. The lowest BCUT2D eigenvalue weighted by Gasteiger charge is -2.34. The molecule has 5 nitrogen and oxygen atoms in total. The predicted octanol–water partition coefficient (Wildman–Crippen LogP) is 2.45. The molecule has 1 N–H and O–H groups in total. The van der Waals surface area contributed by atoms with Crippen molar-refractivity contribution in [2.24, 2.45) is 0 Å². The lowest BCUT2D eigenvalue weighted by Crippen LogP contribution is -2.40. The lowest BCUT2D eigenvalue weighted by atomic mass is 9.98. The van der Waals surface area contributed by atoms with E-state index in [9.17, 15) is 9.90 Å². The van der Waals surface area contributed by atoms with Crippen molar-refractivity contribution in [2.45, 2.75) is 38.6 Å². The quantitative estimate of drug-likeness (QED) is 0.938. The maximum absolute atomic E-state index is 11.3. The van der Waals surface area contributed by atoms with Gasteiger partial charge >= 0.3 is 5.97 Å². The molecule has 1 aliphatic heterocycles. The first-order valence-corrected chi connectivity index (χ1v) is 7.63. The molecular formula is C16H21N3O2. The number of piperidine rings is 1. The van der Waals surface area contributed by atoms with Crippen LogP contribution in [0.3, 0.4) is 0 Å². The van der Waals surface area contributed by atoms with Gasteiger partial charge in [0.1, 0.15) is 5.56 Å². The van der Waals surface area contributed by atoms with Crippen molar-refractivity contribution in [2.75, 3.05) is 13.1 Å². The summed E-state index contributed by atoms with van der Waals surface area (Å²) in [6.07, 6.45) is 8.47. The van der Waals surface area contributed by atoms with E-state index >= 15 is 0 Å². The molecule has 21 heavy (non-hydrogen) atoms. The molecule has 0 aliphatic carbocycles. The average molecular weight is 287 g/mol. The maximum atomic E-state index is 11.3. The van der Waals surface area contributed by atoms with Gasteiger partial charge in [0, 0.05) is 24.9 Å². The Kier molecular flexibility index (Phi) is 3.92. The first-order chi connectivity index (χ1) is 10.2. The van der Waals surface area contributed by atoms with Crippen LogP contribution in [0.15, 0.2) is 24.5 Å². The van der Waals surface area contributed by atoms with Crippen molar-refractivity contribution in [3.63, 3.8) is 0 Å². The molecule has 1 saturated heterocycles. The predicted molar refractivity (Wildman–Crippen MR) is 80.7 cm³/mol. The molecule has 1 atom stereocenters. The van der Waals surface area contributed by atoms with E-state index in [1.165, 1.54) is 19.3 Å². The summed E-state index contributed by atoms with van der Waals surface area (Å²) in [6.45, 7) is 4.43. The SMILES string of the molecule is CCN1CCCCC1Cc1cn2cccc(C(=O)O)c2n1. The minimum Gasteiger partial charge on any atom is -0.478 e. The molecule has 3 rings (SSSR count). The monoisotopic (exact) mass is 287 g/mol. The van der Waals surface area contributed by atoms with Gasteiger partial charge in [-0.25, -0.2) is 9.78 Å². The highest BCUT2D eigenvalue weighted by Gasteiger charge is 2.22. The van der Waals surface area contributed by atoms with Crippen LogP contribution in [0, 0.1) is 0 Å². The molecule has 5 heteroatoms. The van der Waals surface area contributed by atoms with Gasteiger partial charge in [-0.2, -0.15) is 0 Å².